The maximum atomic E-state index is 5.70. The van der Waals surface area contributed by atoms with E-state index in [9.17, 15) is 0 Å². The molecule has 1 unspecified atom stereocenters. The summed E-state index contributed by atoms with van der Waals surface area (Å²) in [5, 5.41) is 0. The van der Waals surface area contributed by atoms with Crippen LogP contribution < -0.4 is 11.0 Å². The number of benzene rings is 1. The van der Waals surface area contributed by atoms with Crippen LogP contribution in [0.4, 0.5) is 0 Å². The molecule has 0 bridgehead atoms. The summed E-state index contributed by atoms with van der Waals surface area (Å²) < 4.78 is 0. The minimum Gasteiger partial charge on any atom is -0.283 e. The molecule has 0 amide bonds. The van der Waals surface area contributed by atoms with Crippen molar-refractivity contribution < 1.29 is 0 Å². The Balaban J connectivity index is 2.53. The molecule has 0 radical (unpaired) electrons. The van der Waals surface area contributed by atoms with E-state index in [-0.39, 0.29) is 0 Å². The van der Waals surface area contributed by atoms with Crippen molar-refractivity contribution in [2.45, 2.75) is 32.1 Å². The zero-order chi connectivity index (χ0) is 12.7. The fourth-order valence-electron chi connectivity index (χ4n) is 1.89. The molecule has 5 heteroatoms. The Labute approximate surface area is 113 Å². The highest BCUT2D eigenvalue weighted by Crippen LogP contribution is 2.44. The summed E-state index contributed by atoms with van der Waals surface area (Å²) in [6, 6.07) is 10.7. The number of hydrogen-bond acceptors (Lipinski definition) is 2. The lowest BCUT2D eigenvalue weighted by atomic mass is 9.92. The van der Waals surface area contributed by atoms with Crippen LogP contribution >= 0.6 is 16.9 Å². The van der Waals surface area contributed by atoms with Crippen LogP contribution in [0.15, 0.2) is 30.3 Å². The maximum Gasteiger partial charge on any atom is 0.122 e. The quantitative estimate of drug-likeness (QED) is 0.749. The molecule has 0 aliphatic carbocycles. The van der Waals surface area contributed by atoms with Gasteiger partial charge in [-0.15, -0.1) is 0 Å². The van der Waals surface area contributed by atoms with E-state index >= 15 is 0 Å². The summed E-state index contributed by atoms with van der Waals surface area (Å²) >= 11 is 6.61. The van der Waals surface area contributed by atoms with Gasteiger partial charge < -0.3 is 0 Å². The molecule has 0 aliphatic heterocycles. The lowest BCUT2D eigenvalue weighted by Crippen LogP contribution is -2.04. The highest BCUT2D eigenvalue weighted by atomic mass is 32.9. The fourth-order valence-corrected chi connectivity index (χ4v) is 4.41. The summed E-state index contributed by atoms with van der Waals surface area (Å²) in [6.07, 6.45) is 3.52. The predicted octanol–water partition coefficient (Wildman–Crippen LogP) is 3.84. The fraction of sp³-hybridized carbons (Fsp3) is 0.500. The van der Waals surface area contributed by atoms with Gasteiger partial charge in [-0.25, -0.2) is 0 Å². The number of hydrogen-bond donors (Lipinski definition) is 2. The molecule has 0 aromatic heterocycles. The Morgan fingerprint density at radius 2 is 1.88 bits per heavy atom. The van der Waals surface area contributed by atoms with E-state index in [0.29, 0.717) is 5.92 Å². The van der Waals surface area contributed by atoms with Gasteiger partial charge in [0.2, 0.25) is 0 Å². The Morgan fingerprint density at radius 1 is 1.24 bits per heavy atom. The minimum atomic E-state index is -2.08. The minimum absolute atomic E-state index is 0.607. The average Bonchev–Trinajstić information content (AvgIpc) is 2.27. The lowest BCUT2D eigenvalue weighted by molar-refractivity contribution is 0.600. The smallest absolute Gasteiger partial charge is 0.122 e. The standard InChI is InChI=1S/C12H21N2PS2/c1-2-6-11(9-10-17-15(13,14)16)12-7-4-3-5-8-12/h3-5,7-8,11H,2,6,9-10H2,1H3,(H4,13,14,16). The summed E-state index contributed by atoms with van der Waals surface area (Å²) in [7, 11) is 0. The first-order valence-corrected chi connectivity index (χ1v) is 10.4. The highest BCUT2D eigenvalue weighted by molar-refractivity contribution is 8.69. The van der Waals surface area contributed by atoms with Crippen molar-refractivity contribution in [3.05, 3.63) is 35.9 Å². The van der Waals surface area contributed by atoms with Gasteiger partial charge in [0, 0.05) is 5.75 Å². The Morgan fingerprint density at radius 3 is 2.41 bits per heavy atom. The SMILES string of the molecule is CCCC(CCSP(N)(N)=S)c1ccccc1. The van der Waals surface area contributed by atoms with E-state index in [0.717, 1.165) is 12.2 Å². The molecule has 96 valence electrons. The van der Waals surface area contributed by atoms with Gasteiger partial charge in [-0.2, -0.15) is 0 Å². The second-order valence-corrected chi connectivity index (χ2v) is 11.2. The normalized spacial score (nSPS) is 13.6. The largest absolute Gasteiger partial charge is 0.283 e. The number of rotatable bonds is 7. The highest BCUT2D eigenvalue weighted by Gasteiger charge is 2.12. The molecule has 1 aromatic rings. The first-order chi connectivity index (χ1) is 8.03. The van der Waals surface area contributed by atoms with Gasteiger partial charge in [-0.3, -0.25) is 11.0 Å². The van der Waals surface area contributed by atoms with E-state index in [2.05, 4.69) is 37.3 Å². The van der Waals surface area contributed by atoms with E-state index in [4.69, 9.17) is 22.8 Å². The van der Waals surface area contributed by atoms with Crippen molar-refractivity contribution in [3.8, 4) is 0 Å². The zero-order valence-corrected chi connectivity index (χ0v) is 12.7. The predicted molar refractivity (Wildman–Crippen MR) is 83.8 cm³/mol. The third kappa shape index (κ3) is 6.58. The van der Waals surface area contributed by atoms with Gasteiger partial charge in [0.15, 0.2) is 0 Å². The molecular formula is C12H21N2PS2. The van der Waals surface area contributed by atoms with Crippen molar-refractivity contribution >= 4 is 28.7 Å². The second-order valence-electron chi connectivity index (χ2n) is 4.16. The lowest BCUT2D eigenvalue weighted by Gasteiger charge is -2.17. The molecule has 0 saturated carbocycles. The molecule has 0 heterocycles. The van der Waals surface area contributed by atoms with Gasteiger partial charge in [0.25, 0.3) is 0 Å². The Bertz CT molecular complexity index is 364. The Hall–Kier alpha value is 0.140. The van der Waals surface area contributed by atoms with Crippen LogP contribution in [0.5, 0.6) is 0 Å². The molecule has 0 spiro atoms. The van der Waals surface area contributed by atoms with E-state index in [1.807, 2.05) is 0 Å². The van der Waals surface area contributed by atoms with Crippen LogP contribution in [-0.4, -0.2) is 5.75 Å². The Kier molecular flexibility index (Phi) is 6.75. The van der Waals surface area contributed by atoms with Crippen molar-refractivity contribution in [2.75, 3.05) is 5.75 Å². The number of nitrogens with two attached hydrogens (primary N) is 2. The summed E-state index contributed by atoms with van der Waals surface area (Å²) in [5.74, 6) is 1.57. The molecule has 17 heavy (non-hydrogen) atoms. The first-order valence-electron chi connectivity index (χ1n) is 5.89. The second kappa shape index (κ2) is 7.55. The van der Waals surface area contributed by atoms with Crippen molar-refractivity contribution in [1.29, 1.82) is 0 Å². The van der Waals surface area contributed by atoms with Crippen LogP contribution in [0.2, 0.25) is 0 Å². The molecule has 0 saturated heterocycles. The first kappa shape index (κ1) is 15.2. The van der Waals surface area contributed by atoms with E-state index < -0.39 is 5.54 Å². The molecule has 0 aliphatic rings. The van der Waals surface area contributed by atoms with Gasteiger partial charge in [0.1, 0.15) is 5.54 Å². The molecule has 1 aromatic carbocycles. The van der Waals surface area contributed by atoms with Crippen LogP contribution in [0.3, 0.4) is 0 Å². The summed E-state index contributed by atoms with van der Waals surface area (Å²) in [5.41, 5.74) is 10.7. The monoisotopic (exact) mass is 288 g/mol. The van der Waals surface area contributed by atoms with Crippen molar-refractivity contribution in [2.24, 2.45) is 11.0 Å². The molecule has 0 fully saturated rings. The zero-order valence-electron chi connectivity index (χ0n) is 10.2. The topological polar surface area (TPSA) is 52.0 Å². The summed E-state index contributed by atoms with van der Waals surface area (Å²) in [6.45, 7) is 2.22. The molecular weight excluding hydrogens is 267 g/mol. The molecule has 1 rings (SSSR count). The van der Waals surface area contributed by atoms with Crippen LogP contribution in [-0.2, 0) is 11.8 Å². The average molecular weight is 288 g/mol. The third-order valence-electron chi connectivity index (χ3n) is 2.67. The van der Waals surface area contributed by atoms with Crippen molar-refractivity contribution in [1.82, 2.24) is 0 Å². The summed E-state index contributed by atoms with van der Waals surface area (Å²) in [4.78, 5) is 0. The van der Waals surface area contributed by atoms with Gasteiger partial charge in [-0.05, 0) is 24.3 Å². The maximum absolute atomic E-state index is 5.70. The van der Waals surface area contributed by atoms with Crippen molar-refractivity contribution in [3.63, 3.8) is 0 Å². The van der Waals surface area contributed by atoms with Gasteiger partial charge >= 0.3 is 0 Å². The van der Waals surface area contributed by atoms with Gasteiger partial charge in [0.05, 0.1) is 0 Å². The van der Waals surface area contributed by atoms with E-state index in [1.165, 1.54) is 18.4 Å². The van der Waals surface area contributed by atoms with E-state index in [1.54, 1.807) is 11.4 Å². The molecule has 1 atom stereocenters. The third-order valence-corrected chi connectivity index (χ3v) is 6.20. The van der Waals surface area contributed by atoms with Crippen LogP contribution in [0.1, 0.15) is 37.7 Å². The molecule has 4 N–H and O–H groups in total. The van der Waals surface area contributed by atoms with Crippen LogP contribution in [0, 0.1) is 0 Å². The molecule has 2 nitrogen and oxygen atoms in total. The van der Waals surface area contributed by atoms with Gasteiger partial charge in [-0.1, -0.05) is 66.9 Å². The van der Waals surface area contributed by atoms with Crippen LogP contribution in [0.25, 0.3) is 0 Å².